The SMILES string of the molecule is CSCCC(N)C(=O)NC(CS)C(=O)NC(Cc1cnc[nH]1)C(=O)NC(Cc1ccc(O)cc1)C(=O)O. The van der Waals surface area contributed by atoms with Crippen molar-refractivity contribution >= 4 is 48.1 Å². The number of hydrogen-bond acceptors (Lipinski definition) is 9. The van der Waals surface area contributed by atoms with Crippen molar-refractivity contribution in [2.45, 2.75) is 43.4 Å². The van der Waals surface area contributed by atoms with Crippen molar-refractivity contribution in [2.24, 2.45) is 5.73 Å². The highest BCUT2D eigenvalue weighted by molar-refractivity contribution is 7.98. The Morgan fingerprint density at radius 2 is 1.65 bits per heavy atom. The monoisotopic (exact) mass is 552 g/mol. The predicted molar refractivity (Wildman–Crippen MR) is 142 cm³/mol. The Morgan fingerprint density at radius 1 is 1.03 bits per heavy atom. The molecule has 3 amide bonds. The molecule has 0 aliphatic heterocycles. The first-order chi connectivity index (χ1) is 17.6. The van der Waals surface area contributed by atoms with Gasteiger partial charge in [0.1, 0.15) is 23.9 Å². The van der Waals surface area contributed by atoms with Crippen LogP contribution in [-0.2, 0) is 32.0 Å². The Labute approximate surface area is 224 Å². The smallest absolute Gasteiger partial charge is 0.326 e. The molecule has 0 bridgehead atoms. The van der Waals surface area contributed by atoms with Crippen LogP contribution in [0.25, 0.3) is 0 Å². The Hall–Kier alpha value is -3.23. The largest absolute Gasteiger partial charge is 0.508 e. The first kappa shape index (κ1) is 30.0. The summed E-state index contributed by atoms with van der Waals surface area (Å²) in [4.78, 5) is 57.1. The molecule has 4 atom stereocenters. The lowest BCUT2D eigenvalue weighted by Gasteiger charge is -2.24. The highest BCUT2D eigenvalue weighted by Gasteiger charge is 2.30. The van der Waals surface area contributed by atoms with Crippen LogP contribution in [0.4, 0.5) is 0 Å². The number of carboxylic acids is 1. The lowest BCUT2D eigenvalue weighted by molar-refractivity contribution is -0.142. The summed E-state index contributed by atoms with van der Waals surface area (Å²) in [5.74, 6) is -2.55. The van der Waals surface area contributed by atoms with E-state index in [0.29, 0.717) is 23.4 Å². The van der Waals surface area contributed by atoms with E-state index in [4.69, 9.17) is 5.73 Å². The number of nitrogens with two attached hydrogens (primary N) is 1. The molecule has 202 valence electrons. The van der Waals surface area contributed by atoms with Crippen LogP contribution < -0.4 is 21.7 Å². The molecule has 1 aromatic carbocycles. The topological polar surface area (TPSA) is 200 Å². The summed E-state index contributed by atoms with van der Waals surface area (Å²) >= 11 is 5.68. The number of thiol groups is 1. The van der Waals surface area contributed by atoms with Crippen molar-refractivity contribution in [2.75, 3.05) is 17.8 Å². The number of aromatic nitrogens is 2. The van der Waals surface area contributed by atoms with Crippen LogP contribution in [0.15, 0.2) is 36.8 Å². The minimum absolute atomic E-state index is 0.0103. The van der Waals surface area contributed by atoms with E-state index in [2.05, 4.69) is 38.5 Å². The average Bonchev–Trinajstić information content (AvgIpc) is 3.39. The van der Waals surface area contributed by atoms with E-state index < -0.39 is 47.9 Å². The van der Waals surface area contributed by atoms with Gasteiger partial charge < -0.3 is 36.9 Å². The molecule has 0 aliphatic carbocycles. The normalized spacial score (nSPS) is 14.1. The van der Waals surface area contributed by atoms with Gasteiger partial charge in [0, 0.05) is 30.5 Å². The highest BCUT2D eigenvalue weighted by atomic mass is 32.2. The molecule has 0 aliphatic rings. The zero-order valence-corrected chi connectivity index (χ0v) is 21.9. The molecule has 12 nitrogen and oxygen atoms in total. The number of aromatic hydroxyl groups is 1. The Kier molecular flexibility index (Phi) is 12.3. The second-order valence-corrected chi connectivity index (χ2v) is 9.59. The summed E-state index contributed by atoms with van der Waals surface area (Å²) in [6.07, 6.45) is 5.14. The number of aliphatic carboxylic acids is 1. The van der Waals surface area contributed by atoms with Gasteiger partial charge in [0.05, 0.1) is 12.4 Å². The number of nitrogens with zero attached hydrogens (tertiary/aromatic N) is 1. The number of phenols is 1. The number of hydrogen-bond donors (Lipinski definition) is 8. The van der Waals surface area contributed by atoms with Gasteiger partial charge in [0.2, 0.25) is 17.7 Å². The van der Waals surface area contributed by atoms with E-state index >= 15 is 0 Å². The van der Waals surface area contributed by atoms with Crippen molar-refractivity contribution in [1.29, 1.82) is 0 Å². The molecule has 4 unspecified atom stereocenters. The zero-order chi connectivity index (χ0) is 27.4. The van der Waals surface area contributed by atoms with Crippen molar-refractivity contribution in [3.8, 4) is 5.75 Å². The van der Waals surface area contributed by atoms with Gasteiger partial charge in [-0.2, -0.15) is 24.4 Å². The van der Waals surface area contributed by atoms with E-state index in [9.17, 15) is 29.4 Å². The van der Waals surface area contributed by atoms with Crippen LogP contribution in [0, 0.1) is 0 Å². The van der Waals surface area contributed by atoms with Crippen molar-refractivity contribution in [3.05, 3.63) is 48.0 Å². The van der Waals surface area contributed by atoms with Crippen molar-refractivity contribution in [3.63, 3.8) is 0 Å². The number of H-pyrrole nitrogens is 1. The molecular formula is C23H32N6O6S2. The number of imidazole rings is 1. The Morgan fingerprint density at radius 3 is 2.22 bits per heavy atom. The van der Waals surface area contributed by atoms with E-state index in [1.807, 2.05) is 6.26 Å². The number of carboxylic acid groups (broad SMARTS) is 1. The number of aromatic amines is 1. The third-order valence-electron chi connectivity index (χ3n) is 5.39. The minimum Gasteiger partial charge on any atom is -0.508 e. The first-order valence-electron chi connectivity index (χ1n) is 11.4. The second kappa shape index (κ2) is 15.1. The first-order valence-corrected chi connectivity index (χ1v) is 13.4. The number of rotatable bonds is 15. The van der Waals surface area contributed by atoms with Crippen LogP contribution in [-0.4, -0.2) is 85.8 Å². The van der Waals surface area contributed by atoms with Crippen LogP contribution in [0.2, 0.25) is 0 Å². The van der Waals surface area contributed by atoms with Crippen LogP contribution in [0.3, 0.4) is 0 Å². The molecule has 1 heterocycles. The number of nitrogens with one attached hydrogen (secondary N) is 4. The van der Waals surface area contributed by atoms with Gasteiger partial charge >= 0.3 is 5.97 Å². The molecule has 2 aromatic rings. The van der Waals surface area contributed by atoms with Crippen molar-refractivity contribution < 1.29 is 29.4 Å². The number of amides is 3. The average molecular weight is 553 g/mol. The van der Waals surface area contributed by atoms with Gasteiger partial charge in [-0.25, -0.2) is 9.78 Å². The summed E-state index contributed by atoms with van der Waals surface area (Å²) in [6.45, 7) is 0. The van der Waals surface area contributed by atoms with Gasteiger partial charge in [-0.3, -0.25) is 14.4 Å². The standard InChI is InChI=1S/C23H32N6O6S2/c1-37-7-6-16(24)20(31)29-19(11-36)22(33)27-17(9-14-10-25-12-26-14)21(32)28-18(23(34)35)8-13-2-4-15(30)5-3-13/h2-5,10,12,16-19,30,36H,6-9,11,24H2,1H3,(H,25,26)(H,27,33)(H,28,32)(H,29,31)(H,34,35). The maximum atomic E-state index is 13.1. The molecule has 8 N–H and O–H groups in total. The van der Waals surface area contributed by atoms with E-state index in [0.717, 1.165) is 0 Å². The predicted octanol–water partition coefficient (Wildman–Crippen LogP) is -0.550. The summed E-state index contributed by atoms with van der Waals surface area (Å²) in [5.41, 5.74) is 6.98. The van der Waals surface area contributed by atoms with Crippen LogP contribution >= 0.6 is 24.4 Å². The summed E-state index contributed by atoms with van der Waals surface area (Å²) in [5, 5.41) is 26.7. The summed E-state index contributed by atoms with van der Waals surface area (Å²) in [7, 11) is 0. The van der Waals surface area contributed by atoms with Gasteiger partial charge in [0.15, 0.2) is 0 Å². The quantitative estimate of drug-likeness (QED) is 0.134. The minimum atomic E-state index is -1.30. The fourth-order valence-corrected chi connectivity index (χ4v) is 4.03. The van der Waals surface area contributed by atoms with Gasteiger partial charge in [-0.05, 0) is 36.1 Å². The third-order valence-corrected chi connectivity index (χ3v) is 6.40. The fraction of sp³-hybridized carbons (Fsp3) is 0.435. The lowest BCUT2D eigenvalue weighted by Crippen LogP contribution is -2.58. The van der Waals surface area contributed by atoms with Gasteiger partial charge in [-0.15, -0.1) is 0 Å². The maximum Gasteiger partial charge on any atom is 0.326 e. The summed E-state index contributed by atoms with van der Waals surface area (Å²) in [6, 6.07) is 1.57. The Bertz CT molecular complexity index is 1040. The number of phenolic OH excluding ortho intramolecular Hbond substituents is 1. The zero-order valence-electron chi connectivity index (χ0n) is 20.2. The van der Waals surface area contributed by atoms with E-state index in [1.54, 1.807) is 12.1 Å². The molecule has 0 spiro atoms. The molecule has 14 heteroatoms. The maximum absolute atomic E-state index is 13.1. The second-order valence-electron chi connectivity index (χ2n) is 8.24. The lowest BCUT2D eigenvalue weighted by atomic mass is 10.0. The van der Waals surface area contributed by atoms with Crippen molar-refractivity contribution in [1.82, 2.24) is 25.9 Å². The van der Waals surface area contributed by atoms with Gasteiger partial charge in [0.25, 0.3) is 0 Å². The van der Waals surface area contributed by atoms with Gasteiger partial charge in [-0.1, -0.05) is 12.1 Å². The molecule has 0 radical (unpaired) electrons. The fourth-order valence-electron chi connectivity index (χ4n) is 3.29. The van der Waals surface area contributed by atoms with Crippen LogP contribution in [0.5, 0.6) is 5.75 Å². The van der Waals surface area contributed by atoms with E-state index in [-0.39, 0.29) is 24.3 Å². The number of benzene rings is 1. The van der Waals surface area contributed by atoms with Crippen LogP contribution in [0.1, 0.15) is 17.7 Å². The Balaban J connectivity index is 2.13. The molecule has 2 rings (SSSR count). The molecule has 0 saturated carbocycles. The molecule has 37 heavy (non-hydrogen) atoms. The molecule has 0 saturated heterocycles. The highest BCUT2D eigenvalue weighted by Crippen LogP contribution is 2.12. The third kappa shape index (κ3) is 9.98. The number of thioether (sulfide) groups is 1. The molecule has 1 aromatic heterocycles. The number of carbonyl (C=O) groups is 4. The molecule has 0 fully saturated rings. The summed E-state index contributed by atoms with van der Waals surface area (Å²) < 4.78 is 0. The molecular weight excluding hydrogens is 520 g/mol. The van der Waals surface area contributed by atoms with E-state index in [1.165, 1.54) is 36.4 Å². The number of carbonyl (C=O) groups excluding carboxylic acids is 3.